The lowest BCUT2D eigenvalue weighted by atomic mass is 9.83. The highest BCUT2D eigenvalue weighted by Gasteiger charge is 2.47. The Kier molecular flexibility index (Phi) is 10.3. The van der Waals surface area contributed by atoms with Gasteiger partial charge in [0.1, 0.15) is 23.9 Å². The first-order valence-electron chi connectivity index (χ1n) is 16.0. The number of fused-ring (bicyclic) bond motifs is 1. The summed E-state index contributed by atoms with van der Waals surface area (Å²) < 4.78 is 45.5. The lowest BCUT2D eigenvalue weighted by Crippen LogP contribution is -2.46. The minimum absolute atomic E-state index is 0.0320. The molecule has 260 valence electrons. The Morgan fingerprint density at radius 1 is 1.19 bits per heavy atom. The number of nitrogens with zero attached hydrogens (tertiary/aromatic N) is 6. The second kappa shape index (κ2) is 13.4. The molecule has 0 aliphatic carbocycles. The molecule has 1 amide bonds. The maximum Gasteiger partial charge on any atom is 0.414 e. The Morgan fingerprint density at radius 2 is 1.88 bits per heavy atom. The van der Waals surface area contributed by atoms with Crippen LogP contribution in [0, 0.1) is 11.3 Å². The van der Waals surface area contributed by atoms with Gasteiger partial charge in [0.25, 0.3) is 12.3 Å². The van der Waals surface area contributed by atoms with Gasteiger partial charge in [-0.2, -0.15) is 5.26 Å². The summed E-state index contributed by atoms with van der Waals surface area (Å²) >= 11 is 0. The van der Waals surface area contributed by atoms with E-state index in [0.29, 0.717) is 34.8 Å². The van der Waals surface area contributed by atoms with Crippen LogP contribution in [-0.4, -0.2) is 65.4 Å². The number of nitriles is 1. The van der Waals surface area contributed by atoms with E-state index < -0.39 is 38.4 Å². The molecule has 1 aliphatic heterocycles. The molecule has 1 aliphatic rings. The van der Waals surface area contributed by atoms with Gasteiger partial charge in [0.2, 0.25) is 5.95 Å². The largest absolute Gasteiger partial charge is 0.472 e. The summed E-state index contributed by atoms with van der Waals surface area (Å²) in [6, 6.07) is 7.63. The van der Waals surface area contributed by atoms with E-state index in [1.54, 1.807) is 39.1 Å². The van der Waals surface area contributed by atoms with Crippen LogP contribution in [-0.2, 0) is 21.1 Å². The quantitative estimate of drug-likeness (QED) is 0.211. The molecule has 3 aromatic rings. The molecule has 0 fully saturated rings. The first kappa shape index (κ1) is 36.7. The molecule has 2 aromatic heterocycles. The van der Waals surface area contributed by atoms with Gasteiger partial charge in [-0.25, -0.2) is 23.5 Å². The number of aromatic nitrogens is 4. The van der Waals surface area contributed by atoms with Crippen molar-refractivity contribution in [3.63, 3.8) is 0 Å². The number of carbonyl (C=O) groups is 1. The predicted octanol–water partition coefficient (Wildman–Crippen LogP) is 8.04. The van der Waals surface area contributed by atoms with E-state index in [2.05, 4.69) is 55.3 Å². The molecule has 0 radical (unpaired) electrons. The average molecular weight is 684 g/mol. The molecule has 1 N–H and O–H groups in total. The Hall–Kier alpha value is -4.09. The maximum atomic E-state index is 13.5. The average Bonchev–Trinajstić information content (AvgIpc) is 3.46. The van der Waals surface area contributed by atoms with Crippen molar-refractivity contribution in [3.05, 3.63) is 41.7 Å². The first-order valence-corrected chi connectivity index (χ1v) is 18.9. The van der Waals surface area contributed by atoms with Crippen LogP contribution in [0.25, 0.3) is 11.3 Å². The van der Waals surface area contributed by atoms with Gasteiger partial charge in [-0.15, -0.1) is 5.10 Å². The minimum Gasteiger partial charge on any atom is -0.472 e. The van der Waals surface area contributed by atoms with Crippen molar-refractivity contribution in [1.82, 2.24) is 19.7 Å². The van der Waals surface area contributed by atoms with Crippen LogP contribution >= 0.6 is 0 Å². The van der Waals surface area contributed by atoms with Crippen LogP contribution < -0.4 is 15.0 Å². The minimum atomic E-state index is -2.59. The number of nitrogens with one attached hydrogen (secondary N) is 1. The number of amides is 1. The summed E-state index contributed by atoms with van der Waals surface area (Å²) in [5.41, 5.74) is 1.62. The fraction of sp³-hybridized carbons (Fsp3) is 0.559. The van der Waals surface area contributed by atoms with Crippen molar-refractivity contribution >= 4 is 31.7 Å². The molecule has 0 saturated heterocycles. The molecule has 48 heavy (non-hydrogen) atoms. The Bertz CT molecular complexity index is 1690. The number of anilines is 3. The SMILES string of the molecule is CC(C)Oc1nn(CC(F)F)cc1Nc1nccc(-c2cc(C#N)c3c(c2)[C@@](C)(CO[Si](C)(C)C(C)(C)C)CN3C(=O)OC(C)(C)C)n1. The van der Waals surface area contributed by atoms with Crippen molar-refractivity contribution < 1.29 is 27.5 Å². The van der Waals surface area contributed by atoms with Crippen LogP contribution in [0.4, 0.5) is 30.9 Å². The zero-order valence-corrected chi connectivity index (χ0v) is 30.7. The van der Waals surface area contributed by atoms with E-state index in [1.807, 2.05) is 26.8 Å². The van der Waals surface area contributed by atoms with Crippen LogP contribution in [0.5, 0.6) is 5.88 Å². The number of ether oxygens (including phenoxy) is 2. The topological polar surface area (TPSA) is 127 Å². The molecule has 0 bridgehead atoms. The van der Waals surface area contributed by atoms with Gasteiger partial charge in [0.05, 0.1) is 29.2 Å². The van der Waals surface area contributed by atoms with E-state index in [-0.39, 0.29) is 29.5 Å². The number of rotatable bonds is 10. The summed E-state index contributed by atoms with van der Waals surface area (Å²) in [6.45, 7) is 21.9. The molecule has 14 heteroatoms. The summed E-state index contributed by atoms with van der Waals surface area (Å²) in [4.78, 5) is 24.1. The Labute approximate surface area is 282 Å². The fourth-order valence-electron chi connectivity index (χ4n) is 5.02. The molecule has 4 rings (SSSR count). The summed E-state index contributed by atoms with van der Waals surface area (Å²) in [5, 5.41) is 17.5. The second-order valence-corrected chi connectivity index (χ2v) is 20.0. The van der Waals surface area contributed by atoms with Crippen LogP contribution in [0.3, 0.4) is 0 Å². The number of carbonyl (C=O) groups excluding carboxylic acids is 1. The van der Waals surface area contributed by atoms with Crippen molar-refractivity contribution in [2.45, 2.75) is 111 Å². The predicted molar refractivity (Wildman–Crippen MR) is 184 cm³/mol. The number of hydrogen-bond donors (Lipinski definition) is 1. The maximum absolute atomic E-state index is 13.5. The number of hydrogen-bond acceptors (Lipinski definition) is 9. The molecule has 1 atom stereocenters. The van der Waals surface area contributed by atoms with Gasteiger partial charge in [-0.3, -0.25) is 9.58 Å². The van der Waals surface area contributed by atoms with Crippen molar-refractivity contribution in [2.75, 3.05) is 23.4 Å². The zero-order valence-electron chi connectivity index (χ0n) is 29.7. The van der Waals surface area contributed by atoms with E-state index >= 15 is 0 Å². The molecular formula is C34H47F2N7O4Si. The normalized spacial score (nSPS) is 16.7. The third-order valence-corrected chi connectivity index (χ3v) is 12.9. The van der Waals surface area contributed by atoms with Gasteiger partial charge < -0.3 is 19.2 Å². The van der Waals surface area contributed by atoms with Gasteiger partial charge in [0, 0.05) is 30.3 Å². The highest BCUT2D eigenvalue weighted by molar-refractivity contribution is 6.74. The van der Waals surface area contributed by atoms with Crippen LogP contribution in [0.1, 0.15) is 73.4 Å². The molecule has 0 saturated carbocycles. The highest BCUT2D eigenvalue weighted by Crippen LogP contribution is 2.47. The van der Waals surface area contributed by atoms with Crippen molar-refractivity contribution in [3.8, 4) is 23.2 Å². The standard InChI is InChI=1S/C34H47F2N7O4Si/c1-21(2)46-29-26(17-42(41-29)18-27(35)36)40-30-38-13-12-25(39-30)22-14-23(16-37)28-24(15-22)34(9,20-45-48(10,11)33(6,7)8)19-43(28)31(44)47-32(3,4)5/h12-15,17,21,27H,18-20H2,1-11H3,(H,38,39,40)/t34-/m1/s1. The lowest BCUT2D eigenvalue weighted by Gasteiger charge is -2.39. The first-order chi connectivity index (χ1) is 22.1. The Morgan fingerprint density at radius 3 is 2.46 bits per heavy atom. The third kappa shape index (κ3) is 8.30. The van der Waals surface area contributed by atoms with E-state index in [0.717, 1.165) is 10.2 Å². The zero-order chi connectivity index (χ0) is 35.8. The second-order valence-electron chi connectivity index (χ2n) is 15.2. The molecular weight excluding hydrogens is 637 g/mol. The molecule has 3 heterocycles. The lowest BCUT2D eigenvalue weighted by molar-refractivity contribution is 0.0575. The Balaban J connectivity index is 1.78. The molecule has 0 spiro atoms. The summed E-state index contributed by atoms with van der Waals surface area (Å²) in [5.74, 6) is 0.319. The van der Waals surface area contributed by atoms with Gasteiger partial charge in [-0.1, -0.05) is 27.7 Å². The monoisotopic (exact) mass is 683 g/mol. The van der Waals surface area contributed by atoms with Crippen molar-refractivity contribution in [2.24, 2.45) is 0 Å². The summed E-state index contributed by atoms with van der Waals surface area (Å²) in [7, 11) is -2.18. The molecule has 0 unspecified atom stereocenters. The van der Waals surface area contributed by atoms with E-state index in [1.165, 1.54) is 11.1 Å². The van der Waals surface area contributed by atoms with E-state index in [4.69, 9.17) is 18.9 Å². The number of halogens is 2. The summed E-state index contributed by atoms with van der Waals surface area (Å²) in [6.07, 6.45) is -0.406. The third-order valence-electron chi connectivity index (χ3n) is 8.43. The smallest absolute Gasteiger partial charge is 0.414 e. The van der Waals surface area contributed by atoms with Crippen molar-refractivity contribution in [1.29, 1.82) is 5.26 Å². The highest BCUT2D eigenvalue weighted by atomic mass is 28.4. The van der Waals surface area contributed by atoms with Gasteiger partial charge >= 0.3 is 6.09 Å². The van der Waals surface area contributed by atoms with E-state index in [9.17, 15) is 18.8 Å². The van der Waals surface area contributed by atoms with Gasteiger partial charge in [0.15, 0.2) is 8.32 Å². The molecule has 11 nitrogen and oxygen atoms in total. The van der Waals surface area contributed by atoms with Crippen LogP contribution in [0.2, 0.25) is 18.1 Å². The number of alkyl halides is 2. The fourth-order valence-corrected chi connectivity index (χ4v) is 6.13. The van der Waals surface area contributed by atoms with Crippen LogP contribution in [0.15, 0.2) is 30.6 Å². The number of benzene rings is 1. The van der Waals surface area contributed by atoms with Gasteiger partial charge in [-0.05, 0) is 76.5 Å². The molecule has 1 aromatic carbocycles.